The van der Waals surface area contributed by atoms with Crippen LogP contribution in [0.5, 0.6) is 0 Å². The molecule has 0 fully saturated rings. The fourth-order valence-electron chi connectivity index (χ4n) is 3.40. The van der Waals surface area contributed by atoms with Crippen LogP contribution in [-0.2, 0) is 17.8 Å². The number of H-pyrrole nitrogens is 1. The highest BCUT2D eigenvalue weighted by Crippen LogP contribution is 2.22. The van der Waals surface area contributed by atoms with Gasteiger partial charge in [-0.15, -0.1) is 0 Å². The number of hydrogen-bond donors (Lipinski definition) is 2. The predicted octanol–water partition coefficient (Wildman–Crippen LogP) is 3.16. The van der Waals surface area contributed by atoms with Gasteiger partial charge in [-0.25, -0.2) is 9.37 Å². The monoisotopic (exact) mass is 392 g/mol. The standard InChI is InChI=1S/C22H21FN4O2/c23-16-8-9-18-17(13-16)20-21(26-18)22(29)27(14-25-20)12-10-19(28)24-11-4-7-15-5-2-1-3-6-15/h1-3,5-6,8-9,13-14,26H,4,7,10-12H2,(H,24,28). The Hall–Kier alpha value is -3.48. The van der Waals surface area contributed by atoms with Gasteiger partial charge in [0, 0.05) is 30.4 Å². The number of aromatic amines is 1. The van der Waals surface area contributed by atoms with Crippen LogP contribution in [0.4, 0.5) is 4.39 Å². The molecule has 0 aliphatic carbocycles. The average Bonchev–Trinajstić information content (AvgIpc) is 3.10. The molecule has 0 aliphatic heterocycles. The van der Waals surface area contributed by atoms with Crippen LogP contribution in [0.2, 0.25) is 0 Å². The summed E-state index contributed by atoms with van der Waals surface area (Å²) in [7, 11) is 0. The van der Waals surface area contributed by atoms with Crippen molar-refractivity contribution in [3.8, 4) is 0 Å². The van der Waals surface area contributed by atoms with Crippen molar-refractivity contribution in [3.05, 3.63) is 76.6 Å². The molecule has 0 saturated heterocycles. The first kappa shape index (κ1) is 18.9. The Labute approximate surface area is 166 Å². The largest absolute Gasteiger partial charge is 0.356 e. The van der Waals surface area contributed by atoms with Crippen molar-refractivity contribution in [2.75, 3.05) is 6.54 Å². The number of carbonyl (C=O) groups is 1. The molecule has 0 atom stereocenters. The summed E-state index contributed by atoms with van der Waals surface area (Å²) in [5.41, 5.74) is 2.37. The van der Waals surface area contributed by atoms with E-state index in [9.17, 15) is 14.0 Å². The van der Waals surface area contributed by atoms with Gasteiger partial charge in [-0.05, 0) is 36.6 Å². The highest BCUT2D eigenvalue weighted by Gasteiger charge is 2.12. The summed E-state index contributed by atoms with van der Waals surface area (Å²) >= 11 is 0. The normalized spacial score (nSPS) is 11.2. The van der Waals surface area contributed by atoms with Gasteiger partial charge >= 0.3 is 0 Å². The second-order valence-corrected chi connectivity index (χ2v) is 6.97. The second kappa shape index (κ2) is 8.26. The molecule has 2 heterocycles. The summed E-state index contributed by atoms with van der Waals surface area (Å²) in [6.07, 6.45) is 3.36. The number of hydrogen-bond acceptors (Lipinski definition) is 3. The van der Waals surface area contributed by atoms with Crippen molar-refractivity contribution >= 4 is 27.8 Å². The van der Waals surface area contributed by atoms with Crippen molar-refractivity contribution in [1.29, 1.82) is 0 Å². The Kier molecular flexibility index (Phi) is 5.37. The van der Waals surface area contributed by atoms with Crippen LogP contribution in [0, 0.1) is 5.82 Å². The molecular formula is C22H21FN4O2. The summed E-state index contributed by atoms with van der Waals surface area (Å²) < 4.78 is 14.9. The maximum absolute atomic E-state index is 13.5. The Morgan fingerprint density at radius 2 is 2.00 bits per heavy atom. The zero-order valence-corrected chi connectivity index (χ0v) is 15.8. The van der Waals surface area contributed by atoms with Crippen LogP contribution >= 0.6 is 0 Å². The topological polar surface area (TPSA) is 79.8 Å². The highest BCUT2D eigenvalue weighted by atomic mass is 19.1. The van der Waals surface area contributed by atoms with Crippen molar-refractivity contribution in [2.45, 2.75) is 25.8 Å². The molecule has 7 heteroatoms. The minimum Gasteiger partial charge on any atom is -0.356 e. The minimum atomic E-state index is -0.381. The highest BCUT2D eigenvalue weighted by molar-refractivity contribution is 6.04. The molecule has 0 bridgehead atoms. The van der Waals surface area contributed by atoms with Crippen LogP contribution in [-0.4, -0.2) is 27.0 Å². The van der Waals surface area contributed by atoms with Crippen molar-refractivity contribution in [3.63, 3.8) is 0 Å². The van der Waals surface area contributed by atoms with E-state index in [0.29, 0.717) is 28.5 Å². The fourth-order valence-corrected chi connectivity index (χ4v) is 3.40. The van der Waals surface area contributed by atoms with Gasteiger partial charge in [0.2, 0.25) is 5.91 Å². The van der Waals surface area contributed by atoms with E-state index in [1.165, 1.54) is 28.6 Å². The van der Waals surface area contributed by atoms with Gasteiger partial charge in [-0.3, -0.25) is 14.2 Å². The lowest BCUT2D eigenvalue weighted by Crippen LogP contribution is -2.28. The van der Waals surface area contributed by atoms with E-state index in [4.69, 9.17) is 0 Å². The van der Waals surface area contributed by atoms with Crippen LogP contribution in [0.25, 0.3) is 21.9 Å². The molecule has 0 radical (unpaired) electrons. The van der Waals surface area contributed by atoms with E-state index in [1.54, 1.807) is 6.07 Å². The van der Waals surface area contributed by atoms with Gasteiger partial charge in [0.25, 0.3) is 5.56 Å². The molecular weight excluding hydrogens is 371 g/mol. The zero-order chi connectivity index (χ0) is 20.2. The van der Waals surface area contributed by atoms with Gasteiger partial charge < -0.3 is 10.3 Å². The molecule has 6 nitrogen and oxygen atoms in total. The first-order valence-corrected chi connectivity index (χ1v) is 9.59. The summed E-state index contributed by atoms with van der Waals surface area (Å²) in [5, 5.41) is 3.45. The van der Waals surface area contributed by atoms with Crippen LogP contribution in [0.3, 0.4) is 0 Å². The lowest BCUT2D eigenvalue weighted by molar-refractivity contribution is -0.121. The van der Waals surface area contributed by atoms with E-state index in [2.05, 4.69) is 27.4 Å². The predicted molar refractivity (Wildman–Crippen MR) is 110 cm³/mol. The average molecular weight is 392 g/mol. The molecule has 2 aromatic heterocycles. The summed E-state index contributed by atoms with van der Waals surface area (Å²) in [5.74, 6) is -0.489. The smallest absolute Gasteiger partial charge is 0.277 e. The van der Waals surface area contributed by atoms with Crippen LogP contribution < -0.4 is 10.9 Å². The maximum Gasteiger partial charge on any atom is 0.277 e. The third-order valence-corrected chi connectivity index (χ3v) is 4.92. The Morgan fingerprint density at radius 3 is 2.83 bits per heavy atom. The number of nitrogens with one attached hydrogen (secondary N) is 2. The zero-order valence-electron chi connectivity index (χ0n) is 15.8. The molecule has 148 valence electrons. The quantitative estimate of drug-likeness (QED) is 0.474. The first-order chi connectivity index (χ1) is 14.1. The van der Waals surface area contributed by atoms with Crippen molar-refractivity contribution < 1.29 is 9.18 Å². The van der Waals surface area contributed by atoms with E-state index in [-0.39, 0.29) is 30.2 Å². The molecule has 0 saturated carbocycles. The number of nitrogens with zero attached hydrogens (tertiary/aromatic N) is 2. The number of aryl methyl sites for hydroxylation is 2. The molecule has 2 N–H and O–H groups in total. The Bertz CT molecular complexity index is 1210. The first-order valence-electron chi connectivity index (χ1n) is 9.59. The summed E-state index contributed by atoms with van der Waals surface area (Å²) in [4.78, 5) is 32.1. The van der Waals surface area contributed by atoms with Gasteiger partial charge in [0.1, 0.15) is 16.9 Å². The van der Waals surface area contributed by atoms with Crippen LogP contribution in [0.15, 0.2) is 59.7 Å². The Morgan fingerprint density at radius 1 is 1.17 bits per heavy atom. The summed E-state index contributed by atoms with van der Waals surface area (Å²) in [6, 6.07) is 14.4. The number of rotatable bonds is 7. The van der Waals surface area contributed by atoms with E-state index >= 15 is 0 Å². The number of halogens is 1. The second-order valence-electron chi connectivity index (χ2n) is 6.97. The molecule has 4 aromatic rings. The third-order valence-electron chi connectivity index (χ3n) is 4.92. The number of carbonyl (C=O) groups excluding carboxylic acids is 1. The van der Waals surface area contributed by atoms with Gasteiger partial charge in [-0.2, -0.15) is 0 Å². The fraction of sp³-hybridized carbons (Fsp3) is 0.227. The van der Waals surface area contributed by atoms with Gasteiger partial charge in [0.05, 0.1) is 6.33 Å². The van der Waals surface area contributed by atoms with E-state index in [0.717, 1.165) is 12.8 Å². The van der Waals surface area contributed by atoms with E-state index < -0.39 is 0 Å². The Balaban J connectivity index is 1.35. The van der Waals surface area contributed by atoms with Crippen molar-refractivity contribution in [1.82, 2.24) is 19.9 Å². The van der Waals surface area contributed by atoms with Crippen molar-refractivity contribution in [2.24, 2.45) is 0 Å². The third kappa shape index (κ3) is 4.18. The number of aromatic nitrogens is 3. The SMILES string of the molecule is O=C(CCn1cnc2c([nH]c3ccc(F)cc32)c1=O)NCCCc1ccccc1. The molecule has 4 rings (SSSR count). The molecule has 0 aliphatic rings. The lowest BCUT2D eigenvalue weighted by atomic mass is 10.1. The maximum atomic E-state index is 13.5. The van der Waals surface area contributed by atoms with E-state index in [1.807, 2.05) is 18.2 Å². The number of amides is 1. The lowest BCUT2D eigenvalue weighted by Gasteiger charge is -2.07. The molecule has 0 unspecified atom stereocenters. The summed E-state index contributed by atoms with van der Waals surface area (Å²) in [6.45, 7) is 0.823. The molecule has 29 heavy (non-hydrogen) atoms. The number of fused-ring (bicyclic) bond motifs is 3. The minimum absolute atomic E-state index is 0.108. The molecule has 0 spiro atoms. The van der Waals surface area contributed by atoms with Gasteiger partial charge in [-0.1, -0.05) is 30.3 Å². The molecule has 2 aromatic carbocycles. The van der Waals surface area contributed by atoms with Gasteiger partial charge in [0.15, 0.2) is 0 Å². The van der Waals surface area contributed by atoms with Crippen LogP contribution in [0.1, 0.15) is 18.4 Å². The molecule has 1 amide bonds. The number of benzene rings is 2.